The molecule has 0 aliphatic rings. The summed E-state index contributed by atoms with van der Waals surface area (Å²) in [7, 11) is 0. The lowest BCUT2D eigenvalue weighted by atomic mass is 10.1. The van der Waals surface area contributed by atoms with Crippen molar-refractivity contribution < 1.29 is 4.79 Å². The van der Waals surface area contributed by atoms with E-state index >= 15 is 0 Å². The number of rotatable bonds is 13. The molecule has 0 aromatic rings. The molecule has 2 amide bonds. The van der Waals surface area contributed by atoms with Crippen LogP contribution in [0.1, 0.15) is 84.0 Å². The Morgan fingerprint density at radius 3 is 1.56 bits per heavy atom. The Kier molecular flexibility index (Phi) is 13.8. The normalized spacial score (nSPS) is 10.5. The molecule has 3 N–H and O–H groups in total. The number of urea groups is 1. The average molecular weight is 256 g/mol. The fourth-order valence-electron chi connectivity index (χ4n) is 2.18. The van der Waals surface area contributed by atoms with Gasteiger partial charge in [0, 0.05) is 6.54 Å². The van der Waals surface area contributed by atoms with E-state index in [-0.39, 0.29) is 0 Å². The summed E-state index contributed by atoms with van der Waals surface area (Å²) < 4.78 is 0. The van der Waals surface area contributed by atoms with Crippen molar-refractivity contribution in [2.45, 2.75) is 84.0 Å². The lowest BCUT2D eigenvalue weighted by Crippen LogP contribution is -2.29. The Morgan fingerprint density at radius 2 is 1.17 bits per heavy atom. The van der Waals surface area contributed by atoms with Crippen molar-refractivity contribution in [3.05, 3.63) is 0 Å². The number of hydrogen-bond donors (Lipinski definition) is 2. The first-order valence-corrected chi connectivity index (χ1v) is 7.80. The summed E-state index contributed by atoms with van der Waals surface area (Å²) in [4.78, 5) is 10.4. The van der Waals surface area contributed by atoms with Gasteiger partial charge >= 0.3 is 6.03 Å². The van der Waals surface area contributed by atoms with Gasteiger partial charge in [0.15, 0.2) is 0 Å². The van der Waals surface area contributed by atoms with Crippen molar-refractivity contribution in [2.24, 2.45) is 5.73 Å². The topological polar surface area (TPSA) is 55.1 Å². The second kappa shape index (κ2) is 14.3. The average Bonchev–Trinajstić information content (AvgIpc) is 2.34. The van der Waals surface area contributed by atoms with Crippen LogP contribution in [0.5, 0.6) is 0 Å². The number of unbranched alkanes of at least 4 members (excludes halogenated alkanes) is 11. The zero-order valence-electron chi connectivity index (χ0n) is 12.2. The molecule has 0 radical (unpaired) electrons. The van der Waals surface area contributed by atoms with Crippen LogP contribution < -0.4 is 11.1 Å². The van der Waals surface area contributed by atoms with Crippen LogP contribution in [0.3, 0.4) is 0 Å². The summed E-state index contributed by atoms with van der Waals surface area (Å²) >= 11 is 0. The van der Waals surface area contributed by atoms with E-state index in [9.17, 15) is 4.79 Å². The van der Waals surface area contributed by atoms with Crippen LogP contribution in [0.2, 0.25) is 0 Å². The van der Waals surface area contributed by atoms with Gasteiger partial charge in [-0.3, -0.25) is 0 Å². The van der Waals surface area contributed by atoms with E-state index in [2.05, 4.69) is 12.2 Å². The van der Waals surface area contributed by atoms with Crippen molar-refractivity contribution in [1.29, 1.82) is 0 Å². The third kappa shape index (κ3) is 15.3. The molecular formula is C15H32N2O. The van der Waals surface area contributed by atoms with E-state index in [1.165, 1.54) is 70.6 Å². The molecule has 0 saturated heterocycles. The van der Waals surface area contributed by atoms with Gasteiger partial charge in [0.2, 0.25) is 0 Å². The summed E-state index contributed by atoms with van der Waals surface area (Å²) in [5, 5.41) is 2.62. The molecule has 0 rings (SSSR count). The Morgan fingerprint density at radius 1 is 0.778 bits per heavy atom. The van der Waals surface area contributed by atoms with E-state index in [1.807, 2.05) is 0 Å². The van der Waals surface area contributed by atoms with Crippen molar-refractivity contribution in [1.82, 2.24) is 5.32 Å². The molecule has 0 aromatic carbocycles. The number of primary amides is 1. The van der Waals surface area contributed by atoms with Gasteiger partial charge in [0.1, 0.15) is 0 Å². The molecule has 18 heavy (non-hydrogen) atoms. The van der Waals surface area contributed by atoms with E-state index in [0.717, 1.165) is 13.0 Å². The Hall–Kier alpha value is -0.730. The third-order valence-electron chi connectivity index (χ3n) is 3.33. The Labute approximate surface area is 113 Å². The Bertz CT molecular complexity index is 183. The highest BCUT2D eigenvalue weighted by atomic mass is 16.2. The summed E-state index contributed by atoms with van der Waals surface area (Å²) in [5.41, 5.74) is 4.98. The lowest BCUT2D eigenvalue weighted by molar-refractivity contribution is 0.248. The number of carbonyl (C=O) groups is 1. The van der Waals surface area contributed by atoms with E-state index < -0.39 is 6.03 Å². The van der Waals surface area contributed by atoms with Crippen molar-refractivity contribution >= 4 is 6.03 Å². The maximum atomic E-state index is 10.4. The molecular weight excluding hydrogens is 224 g/mol. The predicted molar refractivity (Wildman–Crippen MR) is 78.7 cm³/mol. The monoisotopic (exact) mass is 256 g/mol. The van der Waals surface area contributed by atoms with Gasteiger partial charge < -0.3 is 11.1 Å². The van der Waals surface area contributed by atoms with Crippen LogP contribution in [0, 0.1) is 0 Å². The van der Waals surface area contributed by atoms with Gasteiger partial charge in [0.05, 0.1) is 0 Å². The summed E-state index contributed by atoms with van der Waals surface area (Å²) in [6.45, 7) is 2.99. The van der Waals surface area contributed by atoms with Crippen LogP contribution in [0.15, 0.2) is 0 Å². The predicted octanol–water partition coefficient (Wildman–Crippen LogP) is 4.36. The number of carbonyl (C=O) groups excluding carboxylic acids is 1. The molecule has 3 nitrogen and oxygen atoms in total. The number of hydrogen-bond acceptors (Lipinski definition) is 1. The highest BCUT2D eigenvalue weighted by molar-refractivity contribution is 5.71. The van der Waals surface area contributed by atoms with Gasteiger partial charge in [-0.2, -0.15) is 0 Å². The summed E-state index contributed by atoms with van der Waals surface area (Å²) in [5.74, 6) is 0. The fourth-order valence-corrected chi connectivity index (χ4v) is 2.18. The number of nitrogens with one attached hydrogen (secondary N) is 1. The smallest absolute Gasteiger partial charge is 0.312 e. The molecule has 0 aliphatic heterocycles. The molecule has 0 aromatic heterocycles. The Balaban J connectivity index is 2.92. The van der Waals surface area contributed by atoms with Gasteiger partial charge in [-0.1, -0.05) is 77.6 Å². The molecule has 0 bridgehead atoms. The minimum absolute atomic E-state index is 0.405. The van der Waals surface area contributed by atoms with Gasteiger partial charge in [-0.05, 0) is 6.42 Å². The molecule has 0 heterocycles. The van der Waals surface area contributed by atoms with Crippen molar-refractivity contribution in [2.75, 3.05) is 6.54 Å². The van der Waals surface area contributed by atoms with E-state index in [1.54, 1.807) is 0 Å². The highest BCUT2D eigenvalue weighted by Crippen LogP contribution is 2.11. The van der Waals surface area contributed by atoms with Gasteiger partial charge in [-0.15, -0.1) is 0 Å². The zero-order chi connectivity index (χ0) is 13.5. The molecule has 0 fully saturated rings. The minimum atomic E-state index is -0.405. The van der Waals surface area contributed by atoms with Crippen LogP contribution in [-0.4, -0.2) is 12.6 Å². The molecule has 3 heteroatoms. The standard InChI is InChI=1S/C15H32N2O/c1-2-3-4-5-6-7-8-9-10-11-12-13-14-17-15(16)18/h2-14H2,1H3,(H3,16,17,18). The second-order valence-electron chi connectivity index (χ2n) is 5.18. The molecule has 0 unspecified atom stereocenters. The molecule has 0 saturated carbocycles. The van der Waals surface area contributed by atoms with Crippen LogP contribution in [0.25, 0.3) is 0 Å². The maximum Gasteiger partial charge on any atom is 0.312 e. The molecule has 108 valence electrons. The first-order valence-electron chi connectivity index (χ1n) is 7.80. The maximum absolute atomic E-state index is 10.4. The van der Waals surface area contributed by atoms with Crippen molar-refractivity contribution in [3.63, 3.8) is 0 Å². The third-order valence-corrected chi connectivity index (χ3v) is 3.33. The lowest BCUT2D eigenvalue weighted by Gasteiger charge is -2.03. The van der Waals surface area contributed by atoms with Gasteiger partial charge in [0.25, 0.3) is 0 Å². The van der Waals surface area contributed by atoms with E-state index in [0.29, 0.717) is 0 Å². The fraction of sp³-hybridized carbons (Fsp3) is 0.933. The first-order chi connectivity index (χ1) is 8.77. The quantitative estimate of drug-likeness (QED) is 0.473. The van der Waals surface area contributed by atoms with E-state index in [4.69, 9.17) is 5.73 Å². The first kappa shape index (κ1) is 17.3. The SMILES string of the molecule is CCCCCCCCCCCCCCNC(N)=O. The van der Waals surface area contributed by atoms with Crippen molar-refractivity contribution in [3.8, 4) is 0 Å². The summed E-state index contributed by atoms with van der Waals surface area (Å²) in [6, 6.07) is -0.405. The van der Waals surface area contributed by atoms with Gasteiger partial charge in [-0.25, -0.2) is 4.79 Å². The minimum Gasteiger partial charge on any atom is -0.352 e. The molecule has 0 atom stereocenters. The highest BCUT2D eigenvalue weighted by Gasteiger charge is 1.94. The molecule has 0 spiro atoms. The second-order valence-corrected chi connectivity index (χ2v) is 5.18. The summed E-state index contributed by atoms with van der Waals surface area (Å²) in [6.07, 6.45) is 16.1. The largest absolute Gasteiger partial charge is 0.352 e. The number of amides is 2. The molecule has 0 aliphatic carbocycles. The van der Waals surface area contributed by atoms with Crippen LogP contribution in [0.4, 0.5) is 4.79 Å². The van der Waals surface area contributed by atoms with Crippen LogP contribution >= 0.6 is 0 Å². The van der Waals surface area contributed by atoms with Crippen LogP contribution in [-0.2, 0) is 0 Å². The number of nitrogens with two attached hydrogens (primary N) is 1. The zero-order valence-corrected chi connectivity index (χ0v) is 12.2.